The quantitative estimate of drug-likeness (QED) is 0.534. The van der Waals surface area contributed by atoms with Crippen molar-refractivity contribution in [3.8, 4) is 5.75 Å². The number of hydrogen-bond acceptors (Lipinski definition) is 3. The molecule has 0 unspecified atom stereocenters. The monoisotopic (exact) mass is 134 g/mol. The van der Waals surface area contributed by atoms with Crippen LogP contribution < -0.4 is 4.74 Å². The van der Waals surface area contributed by atoms with Gasteiger partial charge in [-0.25, -0.2) is 0 Å². The predicted molar refractivity (Wildman–Crippen MR) is 37.9 cm³/mol. The molecule has 0 saturated carbocycles. The Hall–Kier alpha value is -1.38. The molecule has 0 spiro atoms. The summed E-state index contributed by atoms with van der Waals surface area (Å²) >= 11 is 0. The van der Waals surface area contributed by atoms with Crippen LogP contribution in [0.25, 0.3) is 0 Å². The molecule has 0 saturated heterocycles. The van der Waals surface area contributed by atoms with E-state index in [-0.39, 0.29) is 0 Å². The van der Waals surface area contributed by atoms with E-state index in [0.29, 0.717) is 6.61 Å². The first-order valence-electron chi connectivity index (χ1n) is 3.06. The van der Waals surface area contributed by atoms with Crippen molar-refractivity contribution in [3.63, 3.8) is 0 Å². The van der Waals surface area contributed by atoms with Crippen molar-refractivity contribution < 1.29 is 4.74 Å². The van der Waals surface area contributed by atoms with E-state index < -0.39 is 0 Å². The zero-order valence-corrected chi connectivity index (χ0v) is 5.32. The Morgan fingerprint density at radius 3 is 3.40 bits per heavy atom. The fourth-order valence-corrected chi connectivity index (χ4v) is 0.853. The summed E-state index contributed by atoms with van der Waals surface area (Å²) < 4.78 is 5.21. The largest absolute Gasteiger partial charge is 0.484 e. The second kappa shape index (κ2) is 2.10. The standard InChI is InChI=1S/C7H6N2O/c1-2-8-5-7-6(1)9-3-4-10-7/h1-3,5H,4H2. The maximum Gasteiger partial charge on any atom is 0.163 e. The molecule has 0 bridgehead atoms. The van der Waals surface area contributed by atoms with Crippen molar-refractivity contribution in [3.05, 3.63) is 18.5 Å². The molecule has 3 nitrogen and oxygen atoms in total. The highest BCUT2D eigenvalue weighted by Gasteiger charge is 2.03. The summed E-state index contributed by atoms with van der Waals surface area (Å²) in [5, 5.41) is 0. The van der Waals surface area contributed by atoms with Gasteiger partial charge in [-0.3, -0.25) is 9.98 Å². The first kappa shape index (κ1) is 5.41. The Bertz CT molecular complexity index is 270. The predicted octanol–water partition coefficient (Wildman–Crippen LogP) is 1.18. The van der Waals surface area contributed by atoms with Gasteiger partial charge in [0.05, 0.1) is 6.20 Å². The van der Waals surface area contributed by atoms with Gasteiger partial charge >= 0.3 is 0 Å². The zero-order chi connectivity index (χ0) is 6.81. The van der Waals surface area contributed by atoms with Crippen LogP contribution in [0.3, 0.4) is 0 Å². The van der Waals surface area contributed by atoms with E-state index in [4.69, 9.17) is 4.74 Å². The first-order valence-corrected chi connectivity index (χ1v) is 3.06. The van der Waals surface area contributed by atoms with E-state index in [0.717, 1.165) is 11.4 Å². The number of hydrogen-bond donors (Lipinski definition) is 0. The first-order chi connectivity index (χ1) is 4.97. The fraction of sp³-hybridized carbons (Fsp3) is 0.143. The number of pyridine rings is 1. The van der Waals surface area contributed by atoms with E-state index in [1.165, 1.54) is 0 Å². The number of ether oxygens (including phenoxy) is 1. The van der Waals surface area contributed by atoms with Crippen molar-refractivity contribution in [2.24, 2.45) is 4.99 Å². The van der Waals surface area contributed by atoms with Gasteiger partial charge in [0.1, 0.15) is 12.3 Å². The van der Waals surface area contributed by atoms with Crippen LogP contribution in [-0.2, 0) is 0 Å². The molecular formula is C7H6N2O. The normalized spacial score (nSPS) is 14.0. The molecule has 1 aliphatic heterocycles. The molecule has 0 aliphatic carbocycles. The summed E-state index contributed by atoms with van der Waals surface area (Å²) in [5.74, 6) is 0.769. The van der Waals surface area contributed by atoms with Crippen LogP contribution in [0.5, 0.6) is 5.75 Å². The second-order valence-electron chi connectivity index (χ2n) is 1.97. The molecule has 1 aliphatic rings. The Balaban J connectivity index is 2.54. The molecule has 0 fully saturated rings. The van der Waals surface area contributed by atoms with Gasteiger partial charge in [0.2, 0.25) is 0 Å². The van der Waals surface area contributed by atoms with Crippen LogP contribution >= 0.6 is 0 Å². The second-order valence-corrected chi connectivity index (χ2v) is 1.97. The van der Waals surface area contributed by atoms with E-state index in [9.17, 15) is 0 Å². The van der Waals surface area contributed by atoms with Gasteiger partial charge in [-0.1, -0.05) is 0 Å². The molecule has 1 aromatic rings. The number of aromatic nitrogens is 1. The molecule has 0 atom stereocenters. The molecular weight excluding hydrogens is 128 g/mol. The minimum Gasteiger partial charge on any atom is -0.484 e. The molecule has 2 rings (SSSR count). The minimum atomic E-state index is 0.554. The smallest absolute Gasteiger partial charge is 0.163 e. The summed E-state index contributed by atoms with van der Waals surface area (Å²) in [7, 11) is 0. The molecule has 0 aromatic carbocycles. The highest BCUT2D eigenvalue weighted by Crippen LogP contribution is 2.26. The van der Waals surface area contributed by atoms with Crippen LogP contribution in [0.1, 0.15) is 0 Å². The Kier molecular flexibility index (Phi) is 1.13. The lowest BCUT2D eigenvalue weighted by molar-refractivity contribution is 0.375. The van der Waals surface area contributed by atoms with Crippen molar-refractivity contribution in [1.82, 2.24) is 4.98 Å². The lowest BCUT2D eigenvalue weighted by atomic mass is 10.4. The Labute approximate surface area is 58.4 Å². The molecule has 1 aromatic heterocycles. The zero-order valence-electron chi connectivity index (χ0n) is 5.32. The number of rotatable bonds is 0. The van der Waals surface area contributed by atoms with Gasteiger partial charge in [0.15, 0.2) is 5.75 Å². The number of aliphatic imine (C=N–C) groups is 1. The van der Waals surface area contributed by atoms with Crippen molar-refractivity contribution in [2.45, 2.75) is 0 Å². The molecule has 50 valence electrons. The van der Waals surface area contributed by atoms with Gasteiger partial charge in [0, 0.05) is 12.4 Å². The fourth-order valence-electron chi connectivity index (χ4n) is 0.853. The van der Waals surface area contributed by atoms with Crippen molar-refractivity contribution in [2.75, 3.05) is 6.61 Å². The average Bonchev–Trinajstić information content (AvgIpc) is 2.05. The molecule has 3 heteroatoms. The van der Waals surface area contributed by atoms with Crippen molar-refractivity contribution >= 4 is 11.9 Å². The highest BCUT2D eigenvalue weighted by atomic mass is 16.5. The van der Waals surface area contributed by atoms with E-state index in [1.807, 2.05) is 6.07 Å². The lowest BCUT2D eigenvalue weighted by Crippen LogP contribution is -2.02. The van der Waals surface area contributed by atoms with Gasteiger partial charge in [0.25, 0.3) is 0 Å². The summed E-state index contributed by atoms with van der Waals surface area (Å²) in [6.45, 7) is 0.554. The summed E-state index contributed by atoms with van der Waals surface area (Å²) in [4.78, 5) is 8.00. The van der Waals surface area contributed by atoms with Crippen LogP contribution in [0.15, 0.2) is 23.5 Å². The third kappa shape index (κ3) is 0.757. The van der Waals surface area contributed by atoms with E-state index in [1.54, 1.807) is 18.6 Å². The summed E-state index contributed by atoms with van der Waals surface area (Å²) in [6.07, 6.45) is 5.11. The minimum absolute atomic E-state index is 0.554. The Morgan fingerprint density at radius 2 is 2.50 bits per heavy atom. The van der Waals surface area contributed by atoms with Gasteiger partial charge in [-0.15, -0.1) is 0 Å². The number of nitrogens with zero attached hydrogens (tertiary/aromatic N) is 2. The maximum atomic E-state index is 5.21. The van der Waals surface area contributed by atoms with Gasteiger partial charge < -0.3 is 4.74 Å². The molecule has 2 heterocycles. The topological polar surface area (TPSA) is 34.5 Å². The molecule has 0 amide bonds. The van der Waals surface area contributed by atoms with E-state index >= 15 is 0 Å². The third-order valence-corrected chi connectivity index (χ3v) is 1.31. The van der Waals surface area contributed by atoms with E-state index in [2.05, 4.69) is 9.98 Å². The third-order valence-electron chi connectivity index (χ3n) is 1.31. The van der Waals surface area contributed by atoms with Crippen LogP contribution in [0, 0.1) is 0 Å². The summed E-state index contributed by atoms with van der Waals surface area (Å²) in [5.41, 5.74) is 0.862. The average molecular weight is 134 g/mol. The van der Waals surface area contributed by atoms with Gasteiger partial charge in [-0.05, 0) is 6.07 Å². The summed E-state index contributed by atoms with van der Waals surface area (Å²) in [6, 6.07) is 1.82. The molecule has 0 radical (unpaired) electrons. The van der Waals surface area contributed by atoms with Crippen LogP contribution in [0.2, 0.25) is 0 Å². The SMILES string of the molecule is C1=Nc2ccncc2OC1. The number of fused-ring (bicyclic) bond motifs is 1. The molecule has 0 N–H and O–H groups in total. The maximum absolute atomic E-state index is 5.21. The van der Waals surface area contributed by atoms with Crippen molar-refractivity contribution in [1.29, 1.82) is 0 Å². The Morgan fingerprint density at radius 1 is 1.50 bits per heavy atom. The lowest BCUT2D eigenvalue weighted by Gasteiger charge is -2.08. The highest BCUT2D eigenvalue weighted by molar-refractivity contribution is 5.70. The molecule has 10 heavy (non-hydrogen) atoms. The van der Waals surface area contributed by atoms with Crippen LogP contribution in [0.4, 0.5) is 5.69 Å². The van der Waals surface area contributed by atoms with Crippen LogP contribution in [-0.4, -0.2) is 17.8 Å². The van der Waals surface area contributed by atoms with Gasteiger partial charge in [-0.2, -0.15) is 0 Å².